The van der Waals surface area contributed by atoms with Gasteiger partial charge in [0, 0.05) is 6.04 Å². The standard InChI is InChI=1S/C3H10N3OP/c4-8(5,7)6-3-1-2-3/h3H,1-2H2,(H5,4,5,6,7). The Morgan fingerprint density at radius 1 is 1.50 bits per heavy atom. The van der Waals surface area contributed by atoms with Crippen LogP contribution in [0.3, 0.4) is 0 Å². The van der Waals surface area contributed by atoms with E-state index in [-0.39, 0.29) is 0 Å². The second-order valence-corrected chi connectivity index (χ2v) is 3.79. The van der Waals surface area contributed by atoms with Gasteiger partial charge in [-0.2, -0.15) is 0 Å². The summed E-state index contributed by atoms with van der Waals surface area (Å²) in [5.41, 5.74) is 10.00. The Kier molecular flexibility index (Phi) is 1.41. The summed E-state index contributed by atoms with van der Waals surface area (Å²) in [6, 6.07) is 0.329. The van der Waals surface area contributed by atoms with E-state index in [4.69, 9.17) is 11.0 Å². The number of hydrogen-bond acceptors (Lipinski definition) is 1. The molecular weight excluding hydrogens is 125 g/mol. The highest BCUT2D eigenvalue weighted by Crippen LogP contribution is 2.29. The van der Waals surface area contributed by atoms with E-state index in [1.54, 1.807) is 0 Å². The van der Waals surface area contributed by atoms with Gasteiger partial charge in [-0.15, -0.1) is 0 Å². The number of hydrogen-bond donors (Lipinski definition) is 3. The van der Waals surface area contributed by atoms with Crippen molar-refractivity contribution in [3.05, 3.63) is 0 Å². The van der Waals surface area contributed by atoms with Gasteiger partial charge in [0.15, 0.2) is 0 Å². The van der Waals surface area contributed by atoms with Crippen molar-refractivity contribution >= 4 is 7.59 Å². The topological polar surface area (TPSA) is 81.1 Å². The minimum Gasteiger partial charge on any atom is -0.271 e. The van der Waals surface area contributed by atoms with Crippen molar-refractivity contribution in [3.8, 4) is 0 Å². The molecule has 1 aliphatic carbocycles. The van der Waals surface area contributed by atoms with Crippen LogP contribution < -0.4 is 16.1 Å². The molecule has 0 bridgehead atoms. The molecule has 1 aliphatic rings. The van der Waals surface area contributed by atoms with E-state index in [1.807, 2.05) is 0 Å². The Bertz CT molecular complexity index is 126. The smallest absolute Gasteiger partial charge is 0.271 e. The summed E-state index contributed by atoms with van der Waals surface area (Å²) in [6.45, 7) is 0. The Hall–Kier alpha value is 0.110. The fourth-order valence-electron chi connectivity index (χ4n) is 0.498. The molecule has 1 rings (SSSR count). The molecule has 0 saturated heterocycles. The van der Waals surface area contributed by atoms with Gasteiger partial charge in [0.2, 0.25) is 0 Å². The summed E-state index contributed by atoms with van der Waals surface area (Å²) in [6.07, 6.45) is 2.11. The largest absolute Gasteiger partial charge is 0.274 e. The van der Waals surface area contributed by atoms with Crippen LogP contribution >= 0.6 is 7.59 Å². The summed E-state index contributed by atoms with van der Waals surface area (Å²) in [4.78, 5) is 0. The summed E-state index contributed by atoms with van der Waals surface area (Å²) in [5.74, 6) is 0. The number of nitrogens with one attached hydrogen (secondary N) is 1. The van der Waals surface area contributed by atoms with Crippen LogP contribution in [-0.2, 0) is 4.57 Å². The van der Waals surface area contributed by atoms with Crippen molar-refractivity contribution in [3.63, 3.8) is 0 Å². The Morgan fingerprint density at radius 2 is 2.00 bits per heavy atom. The van der Waals surface area contributed by atoms with E-state index in [9.17, 15) is 4.57 Å². The number of nitrogens with two attached hydrogens (primary N) is 2. The van der Waals surface area contributed by atoms with Gasteiger partial charge >= 0.3 is 0 Å². The SMILES string of the molecule is NP(N)(=O)NC1CC1. The molecule has 0 amide bonds. The second kappa shape index (κ2) is 1.81. The molecule has 1 saturated carbocycles. The molecule has 0 aromatic heterocycles. The van der Waals surface area contributed by atoms with Crippen molar-refractivity contribution in [1.82, 2.24) is 5.09 Å². The molecule has 0 radical (unpaired) electrons. The molecule has 0 unspecified atom stereocenters. The second-order valence-electron chi connectivity index (χ2n) is 2.11. The van der Waals surface area contributed by atoms with Crippen molar-refractivity contribution in [2.75, 3.05) is 0 Å². The van der Waals surface area contributed by atoms with Gasteiger partial charge in [0.05, 0.1) is 0 Å². The fraction of sp³-hybridized carbons (Fsp3) is 1.00. The molecule has 5 N–H and O–H groups in total. The monoisotopic (exact) mass is 135 g/mol. The van der Waals surface area contributed by atoms with Gasteiger partial charge < -0.3 is 0 Å². The molecule has 4 nitrogen and oxygen atoms in total. The lowest BCUT2D eigenvalue weighted by Gasteiger charge is -2.04. The van der Waals surface area contributed by atoms with E-state index >= 15 is 0 Å². The first kappa shape index (κ1) is 6.23. The van der Waals surface area contributed by atoms with Crippen LogP contribution in [0.1, 0.15) is 12.8 Å². The first-order valence-corrected chi connectivity index (χ1v) is 4.37. The third kappa shape index (κ3) is 2.43. The summed E-state index contributed by atoms with van der Waals surface area (Å²) in [7, 11) is -2.91. The van der Waals surface area contributed by atoms with E-state index in [1.165, 1.54) is 0 Å². The number of rotatable bonds is 2. The predicted octanol–water partition coefficient (Wildman–Crippen LogP) is -0.236. The molecule has 0 spiro atoms. The van der Waals surface area contributed by atoms with Crippen molar-refractivity contribution in [1.29, 1.82) is 0 Å². The average molecular weight is 135 g/mol. The van der Waals surface area contributed by atoms with Crippen molar-refractivity contribution < 1.29 is 4.57 Å². The summed E-state index contributed by atoms with van der Waals surface area (Å²) < 4.78 is 10.5. The molecule has 1 fully saturated rings. The quantitative estimate of drug-likeness (QED) is 0.456. The minimum atomic E-state index is -2.91. The van der Waals surface area contributed by atoms with Gasteiger partial charge in [0.25, 0.3) is 7.59 Å². The lowest BCUT2D eigenvalue weighted by Crippen LogP contribution is -2.23. The first-order valence-electron chi connectivity index (χ1n) is 2.53. The van der Waals surface area contributed by atoms with Gasteiger partial charge in [0.1, 0.15) is 0 Å². The molecule has 0 aromatic carbocycles. The third-order valence-electron chi connectivity index (χ3n) is 0.962. The van der Waals surface area contributed by atoms with E-state index in [0.29, 0.717) is 6.04 Å². The Labute approximate surface area is 48.2 Å². The average Bonchev–Trinajstić information content (AvgIpc) is 2.12. The van der Waals surface area contributed by atoms with E-state index in [2.05, 4.69) is 5.09 Å². The van der Waals surface area contributed by atoms with Crippen LogP contribution in [0.2, 0.25) is 0 Å². The normalized spacial score (nSPS) is 21.2. The zero-order valence-corrected chi connectivity index (χ0v) is 5.40. The molecule has 5 heteroatoms. The van der Waals surface area contributed by atoms with Crippen molar-refractivity contribution in [2.24, 2.45) is 11.0 Å². The predicted molar refractivity (Wildman–Crippen MR) is 32.1 cm³/mol. The van der Waals surface area contributed by atoms with Crippen molar-refractivity contribution in [2.45, 2.75) is 18.9 Å². The Morgan fingerprint density at radius 3 is 2.12 bits per heavy atom. The fourth-order valence-corrected chi connectivity index (χ4v) is 1.33. The van der Waals surface area contributed by atoms with E-state index < -0.39 is 7.59 Å². The highest BCUT2D eigenvalue weighted by molar-refractivity contribution is 7.56. The third-order valence-corrected chi connectivity index (χ3v) is 1.73. The molecule has 8 heavy (non-hydrogen) atoms. The first-order chi connectivity index (χ1) is 3.58. The molecule has 0 heterocycles. The van der Waals surface area contributed by atoms with Crippen LogP contribution in [-0.4, -0.2) is 6.04 Å². The van der Waals surface area contributed by atoms with Gasteiger partial charge in [-0.3, -0.25) is 15.6 Å². The van der Waals surface area contributed by atoms with Crippen LogP contribution in [0.25, 0.3) is 0 Å². The summed E-state index contributed by atoms with van der Waals surface area (Å²) in [5, 5.41) is 2.60. The van der Waals surface area contributed by atoms with Crippen LogP contribution in [0.4, 0.5) is 0 Å². The van der Waals surface area contributed by atoms with Gasteiger partial charge in [-0.25, -0.2) is 5.09 Å². The van der Waals surface area contributed by atoms with Gasteiger partial charge in [-0.1, -0.05) is 0 Å². The summed E-state index contributed by atoms with van der Waals surface area (Å²) >= 11 is 0. The van der Waals surface area contributed by atoms with E-state index in [0.717, 1.165) is 12.8 Å². The minimum absolute atomic E-state index is 0.329. The molecule has 0 aromatic rings. The lowest BCUT2D eigenvalue weighted by molar-refractivity contribution is 0.566. The maximum atomic E-state index is 10.5. The zero-order valence-electron chi connectivity index (χ0n) is 4.50. The molecular formula is C3H10N3OP. The van der Waals surface area contributed by atoms with Gasteiger partial charge in [-0.05, 0) is 12.8 Å². The highest BCUT2D eigenvalue weighted by atomic mass is 31.2. The molecule has 0 atom stereocenters. The zero-order chi connectivity index (χ0) is 6.20. The lowest BCUT2D eigenvalue weighted by atomic mass is 10.8. The van der Waals surface area contributed by atoms with Crippen LogP contribution in [0, 0.1) is 0 Å². The highest BCUT2D eigenvalue weighted by Gasteiger charge is 2.25. The maximum Gasteiger partial charge on any atom is 0.274 e. The Balaban J connectivity index is 2.26. The van der Waals surface area contributed by atoms with Crippen LogP contribution in [0.5, 0.6) is 0 Å². The molecule has 0 aliphatic heterocycles. The maximum absolute atomic E-state index is 10.5. The molecule has 48 valence electrons. The van der Waals surface area contributed by atoms with Crippen LogP contribution in [0.15, 0.2) is 0 Å².